The summed E-state index contributed by atoms with van der Waals surface area (Å²) in [4.78, 5) is 2.77. The molecule has 1 heterocycles. The van der Waals surface area contributed by atoms with Gasteiger partial charge in [-0.15, -0.1) is 0 Å². The van der Waals surface area contributed by atoms with Crippen LogP contribution in [-0.2, 0) is 4.74 Å². The maximum Gasteiger partial charge on any atom is 0.0572 e. The van der Waals surface area contributed by atoms with E-state index in [-0.39, 0.29) is 0 Å². The average molecular weight is 268 g/mol. The van der Waals surface area contributed by atoms with Gasteiger partial charge in [0.1, 0.15) is 0 Å². The highest BCUT2D eigenvalue weighted by atomic mass is 16.5. The van der Waals surface area contributed by atoms with Gasteiger partial charge in [-0.1, -0.05) is 13.8 Å². The van der Waals surface area contributed by atoms with Crippen LogP contribution in [0.3, 0.4) is 0 Å². The van der Waals surface area contributed by atoms with Crippen LogP contribution in [0.1, 0.15) is 52.4 Å². The van der Waals surface area contributed by atoms with Gasteiger partial charge in [0, 0.05) is 25.7 Å². The molecule has 0 radical (unpaired) electrons. The van der Waals surface area contributed by atoms with Crippen molar-refractivity contribution in [1.29, 1.82) is 0 Å². The Balaban J connectivity index is 1.74. The molecule has 112 valence electrons. The zero-order valence-corrected chi connectivity index (χ0v) is 13.0. The van der Waals surface area contributed by atoms with Crippen LogP contribution in [0.2, 0.25) is 0 Å². The Morgan fingerprint density at radius 1 is 1.16 bits per heavy atom. The molecule has 1 N–H and O–H groups in total. The third-order valence-corrected chi connectivity index (χ3v) is 4.86. The molecule has 1 atom stereocenters. The summed E-state index contributed by atoms with van der Waals surface area (Å²) in [5, 5.41) is 3.61. The predicted molar refractivity (Wildman–Crippen MR) is 80.5 cm³/mol. The molecular weight excluding hydrogens is 236 g/mol. The Kier molecular flexibility index (Phi) is 6.11. The molecule has 1 saturated heterocycles. The molecule has 2 fully saturated rings. The van der Waals surface area contributed by atoms with Crippen LogP contribution < -0.4 is 5.32 Å². The minimum absolute atomic E-state index is 0.527. The van der Waals surface area contributed by atoms with Gasteiger partial charge in [0.2, 0.25) is 0 Å². The van der Waals surface area contributed by atoms with Crippen LogP contribution in [0, 0.1) is 5.92 Å². The first kappa shape index (κ1) is 15.3. The largest absolute Gasteiger partial charge is 0.381 e. The molecular formula is C16H32N2O. The summed E-state index contributed by atoms with van der Waals surface area (Å²) in [6.07, 6.45) is 8.50. The average Bonchev–Trinajstić information content (AvgIpc) is 2.45. The maximum absolute atomic E-state index is 5.48. The summed E-state index contributed by atoms with van der Waals surface area (Å²) >= 11 is 0. The van der Waals surface area contributed by atoms with Gasteiger partial charge in [0.15, 0.2) is 0 Å². The number of methoxy groups -OCH3 is 1. The van der Waals surface area contributed by atoms with E-state index in [1.807, 2.05) is 7.11 Å². The molecule has 0 aromatic heterocycles. The predicted octanol–water partition coefficient (Wildman–Crippen LogP) is 2.65. The number of nitrogens with zero attached hydrogens (tertiary/aromatic N) is 1. The Bertz CT molecular complexity index is 249. The van der Waals surface area contributed by atoms with Crippen LogP contribution >= 0.6 is 0 Å². The molecule has 2 aliphatic rings. The second-order valence-corrected chi connectivity index (χ2v) is 6.73. The molecule has 3 nitrogen and oxygen atoms in total. The van der Waals surface area contributed by atoms with E-state index in [1.54, 1.807) is 0 Å². The topological polar surface area (TPSA) is 24.5 Å². The van der Waals surface area contributed by atoms with E-state index in [2.05, 4.69) is 24.1 Å². The van der Waals surface area contributed by atoms with Gasteiger partial charge >= 0.3 is 0 Å². The van der Waals surface area contributed by atoms with Crippen molar-refractivity contribution in [3.8, 4) is 0 Å². The number of nitrogens with one attached hydrogen (secondary N) is 1. The van der Waals surface area contributed by atoms with Crippen molar-refractivity contribution >= 4 is 0 Å². The monoisotopic (exact) mass is 268 g/mol. The van der Waals surface area contributed by atoms with Gasteiger partial charge in [0.05, 0.1) is 6.10 Å². The van der Waals surface area contributed by atoms with E-state index < -0.39 is 0 Å². The lowest BCUT2D eigenvalue weighted by molar-refractivity contribution is 0.0263. The highest BCUT2D eigenvalue weighted by molar-refractivity contribution is 4.84. The SMILES string of the molecule is COC1CCC(N2CCCC(CNC(C)C)C2)CC1. The molecule has 0 aromatic rings. The Hall–Kier alpha value is -0.120. The van der Waals surface area contributed by atoms with Gasteiger partial charge in [-0.3, -0.25) is 0 Å². The first-order valence-electron chi connectivity index (χ1n) is 8.19. The fraction of sp³-hybridized carbons (Fsp3) is 1.00. The molecule has 3 heteroatoms. The van der Waals surface area contributed by atoms with Gasteiger partial charge in [-0.2, -0.15) is 0 Å². The molecule has 0 spiro atoms. The number of rotatable bonds is 5. The Morgan fingerprint density at radius 3 is 2.53 bits per heavy atom. The Morgan fingerprint density at radius 2 is 1.89 bits per heavy atom. The van der Waals surface area contributed by atoms with Crippen molar-refractivity contribution in [3.05, 3.63) is 0 Å². The minimum Gasteiger partial charge on any atom is -0.381 e. The van der Waals surface area contributed by atoms with E-state index in [0.717, 1.165) is 12.0 Å². The summed E-state index contributed by atoms with van der Waals surface area (Å²) in [5.74, 6) is 0.858. The van der Waals surface area contributed by atoms with E-state index in [4.69, 9.17) is 4.74 Å². The first-order valence-corrected chi connectivity index (χ1v) is 8.19. The molecule has 0 amide bonds. The summed E-state index contributed by atoms with van der Waals surface area (Å²) in [5.41, 5.74) is 0. The number of likely N-dealkylation sites (tertiary alicyclic amines) is 1. The molecule has 1 unspecified atom stereocenters. The number of piperidine rings is 1. The van der Waals surface area contributed by atoms with E-state index >= 15 is 0 Å². The summed E-state index contributed by atoms with van der Waals surface area (Å²) < 4.78 is 5.48. The fourth-order valence-corrected chi connectivity index (χ4v) is 3.64. The lowest BCUT2D eigenvalue weighted by Crippen LogP contribution is -2.47. The summed E-state index contributed by atoms with van der Waals surface area (Å²) in [6, 6.07) is 1.45. The van der Waals surface area contributed by atoms with Crippen molar-refractivity contribution in [2.24, 2.45) is 5.92 Å². The molecule has 2 rings (SSSR count). The quantitative estimate of drug-likeness (QED) is 0.829. The van der Waals surface area contributed by atoms with Crippen molar-refractivity contribution in [2.75, 3.05) is 26.7 Å². The molecule has 0 aromatic carbocycles. The lowest BCUT2D eigenvalue weighted by Gasteiger charge is -2.41. The smallest absolute Gasteiger partial charge is 0.0572 e. The maximum atomic E-state index is 5.48. The summed E-state index contributed by atoms with van der Waals surface area (Å²) in [7, 11) is 1.86. The number of ether oxygens (including phenoxy) is 1. The van der Waals surface area contributed by atoms with Gasteiger partial charge < -0.3 is 15.0 Å². The third kappa shape index (κ3) is 4.73. The molecule has 1 aliphatic carbocycles. The first-order chi connectivity index (χ1) is 9.19. The third-order valence-electron chi connectivity index (χ3n) is 4.86. The van der Waals surface area contributed by atoms with Crippen LogP contribution in [0.5, 0.6) is 0 Å². The van der Waals surface area contributed by atoms with Crippen LogP contribution in [0.4, 0.5) is 0 Å². The van der Waals surface area contributed by atoms with Crippen LogP contribution in [0.15, 0.2) is 0 Å². The fourth-order valence-electron chi connectivity index (χ4n) is 3.64. The molecule has 19 heavy (non-hydrogen) atoms. The normalized spacial score (nSPS) is 33.8. The number of hydrogen-bond donors (Lipinski definition) is 1. The molecule has 1 aliphatic heterocycles. The van der Waals surface area contributed by atoms with Crippen LogP contribution in [-0.4, -0.2) is 49.8 Å². The van der Waals surface area contributed by atoms with Crippen molar-refractivity contribution < 1.29 is 4.74 Å². The van der Waals surface area contributed by atoms with Crippen molar-refractivity contribution in [3.63, 3.8) is 0 Å². The summed E-state index contributed by atoms with van der Waals surface area (Å²) in [6.45, 7) is 8.31. The highest BCUT2D eigenvalue weighted by Gasteiger charge is 2.29. The van der Waals surface area contributed by atoms with Gasteiger partial charge in [-0.05, 0) is 57.5 Å². The van der Waals surface area contributed by atoms with E-state index in [9.17, 15) is 0 Å². The Labute approximate surface area is 119 Å². The standard InChI is InChI=1S/C16H32N2O/c1-13(2)17-11-14-5-4-10-18(12-14)15-6-8-16(19-3)9-7-15/h13-17H,4-12H2,1-3H3. The van der Waals surface area contributed by atoms with Gasteiger partial charge in [0.25, 0.3) is 0 Å². The minimum atomic E-state index is 0.527. The van der Waals surface area contributed by atoms with E-state index in [1.165, 1.54) is 58.2 Å². The van der Waals surface area contributed by atoms with Crippen molar-refractivity contribution in [1.82, 2.24) is 10.2 Å². The van der Waals surface area contributed by atoms with Crippen molar-refractivity contribution in [2.45, 2.75) is 70.6 Å². The zero-order valence-electron chi connectivity index (χ0n) is 13.0. The second kappa shape index (κ2) is 7.61. The zero-order chi connectivity index (χ0) is 13.7. The number of hydrogen-bond acceptors (Lipinski definition) is 3. The van der Waals surface area contributed by atoms with Crippen LogP contribution in [0.25, 0.3) is 0 Å². The molecule has 0 bridgehead atoms. The van der Waals surface area contributed by atoms with Gasteiger partial charge in [-0.25, -0.2) is 0 Å². The lowest BCUT2D eigenvalue weighted by atomic mass is 9.88. The van der Waals surface area contributed by atoms with E-state index in [0.29, 0.717) is 12.1 Å². The second-order valence-electron chi connectivity index (χ2n) is 6.73. The highest BCUT2D eigenvalue weighted by Crippen LogP contribution is 2.28. The molecule has 1 saturated carbocycles.